The van der Waals surface area contributed by atoms with E-state index >= 15 is 0 Å². The molecule has 8 heteroatoms. The lowest BCUT2D eigenvalue weighted by Crippen LogP contribution is -2.34. The summed E-state index contributed by atoms with van der Waals surface area (Å²) in [4.78, 5) is 13.1. The number of ether oxygens (including phenoxy) is 1. The number of carbonyl (C=O) groups is 1. The third-order valence-electron chi connectivity index (χ3n) is 2.61. The zero-order valence-corrected chi connectivity index (χ0v) is 11.6. The van der Waals surface area contributed by atoms with Crippen molar-refractivity contribution in [3.05, 3.63) is 29.8 Å². The molecule has 0 aliphatic rings. The molecule has 0 bridgehead atoms. The predicted octanol–water partition coefficient (Wildman–Crippen LogP) is 1.86. The van der Waals surface area contributed by atoms with Gasteiger partial charge in [0.2, 0.25) is 0 Å². The molecule has 0 spiro atoms. The standard InChI is InChI=1S/C13H17F3N2O3/c1-18(2)8-7-17-11(12(19)20)9-5-3-4-6-10(9)21-13(14,15)16/h3-6,11,17H,7-8H2,1-2H3,(H,19,20). The van der Waals surface area contributed by atoms with Crippen LogP contribution in [0.4, 0.5) is 13.2 Å². The summed E-state index contributed by atoms with van der Waals surface area (Å²) in [6.45, 7) is 0.858. The van der Waals surface area contributed by atoms with Gasteiger partial charge >= 0.3 is 12.3 Å². The van der Waals surface area contributed by atoms with E-state index in [0.29, 0.717) is 13.1 Å². The van der Waals surface area contributed by atoms with E-state index in [-0.39, 0.29) is 5.56 Å². The summed E-state index contributed by atoms with van der Waals surface area (Å²) in [7, 11) is 3.61. The summed E-state index contributed by atoms with van der Waals surface area (Å²) in [6.07, 6.45) is -4.87. The summed E-state index contributed by atoms with van der Waals surface area (Å²) in [5.41, 5.74) is -0.0684. The molecule has 0 heterocycles. The fourth-order valence-corrected chi connectivity index (χ4v) is 1.70. The van der Waals surface area contributed by atoms with E-state index in [4.69, 9.17) is 0 Å². The van der Waals surface area contributed by atoms with Crippen LogP contribution in [0.2, 0.25) is 0 Å². The van der Waals surface area contributed by atoms with Crippen molar-refractivity contribution in [1.82, 2.24) is 10.2 Å². The molecule has 5 nitrogen and oxygen atoms in total. The van der Waals surface area contributed by atoms with Crippen LogP contribution in [-0.4, -0.2) is 49.5 Å². The SMILES string of the molecule is CN(C)CCNC(C(=O)O)c1ccccc1OC(F)(F)F. The maximum atomic E-state index is 12.3. The van der Waals surface area contributed by atoms with Crippen molar-refractivity contribution >= 4 is 5.97 Å². The summed E-state index contributed by atoms with van der Waals surface area (Å²) in [5, 5.41) is 11.9. The minimum Gasteiger partial charge on any atom is -0.480 e. The number of nitrogens with zero attached hydrogens (tertiary/aromatic N) is 1. The molecule has 0 aliphatic heterocycles. The zero-order chi connectivity index (χ0) is 16.0. The van der Waals surface area contributed by atoms with Crippen molar-refractivity contribution in [3.8, 4) is 5.75 Å². The van der Waals surface area contributed by atoms with E-state index in [9.17, 15) is 23.1 Å². The minimum atomic E-state index is -4.87. The van der Waals surface area contributed by atoms with Gasteiger partial charge in [0.1, 0.15) is 11.8 Å². The molecule has 1 rings (SSSR count). The first-order valence-electron chi connectivity index (χ1n) is 6.16. The highest BCUT2D eigenvalue weighted by molar-refractivity contribution is 5.76. The van der Waals surface area contributed by atoms with Gasteiger partial charge in [-0.3, -0.25) is 10.1 Å². The highest BCUT2D eigenvalue weighted by Crippen LogP contribution is 2.30. The second-order valence-electron chi connectivity index (χ2n) is 4.61. The summed E-state index contributed by atoms with van der Waals surface area (Å²) >= 11 is 0. The molecule has 21 heavy (non-hydrogen) atoms. The second kappa shape index (κ2) is 7.28. The minimum absolute atomic E-state index is 0.0684. The fraction of sp³-hybridized carbons (Fsp3) is 0.462. The third kappa shape index (κ3) is 6.01. The van der Waals surface area contributed by atoms with E-state index in [1.165, 1.54) is 18.2 Å². The first-order valence-corrected chi connectivity index (χ1v) is 6.16. The lowest BCUT2D eigenvalue weighted by atomic mass is 10.1. The molecule has 0 radical (unpaired) electrons. The number of hydrogen-bond acceptors (Lipinski definition) is 4. The topological polar surface area (TPSA) is 61.8 Å². The molecule has 0 fully saturated rings. The van der Waals surface area contributed by atoms with Gasteiger partial charge in [0.25, 0.3) is 0 Å². The molecule has 0 saturated heterocycles. The van der Waals surface area contributed by atoms with E-state index in [0.717, 1.165) is 6.07 Å². The number of nitrogens with one attached hydrogen (secondary N) is 1. The Morgan fingerprint density at radius 1 is 1.38 bits per heavy atom. The lowest BCUT2D eigenvalue weighted by Gasteiger charge is -2.20. The van der Waals surface area contributed by atoms with Gasteiger partial charge in [-0.1, -0.05) is 18.2 Å². The van der Waals surface area contributed by atoms with Crippen LogP contribution in [0.5, 0.6) is 5.75 Å². The Kier molecular flexibility index (Phi) is 5.98. The Hall–Kier alpha value is -1.80. The Labute approximate surface area is 120 Å². The highest BCUT2D eigenvalue weighted by Gasteiger charge is 2.34. The zero-order valence-electron chi connectivity index (χ0n) is 11.6. The second-order valence-corrected chi connectivity index (χ2v) is 4.61. The smallest absolute Gasteiger partial charge is 0.480 e. The normalized spacial score (nSPS) is 13.2. The van der Waals surface area contributed by atoms with Gasteiger partial charge in [0.05, 0.1) is 0 Å². The molecule has 0 aromatic heterocycles. The maximum Gasteiger partial charge on any atom is 0.573 e. The summed E-state index contributed by atoms with van der Waals surface area (Å²) < 4.78 is 40.9. The van der Waals surface area contributed by atoms with Crippen molar-refractivity contribution in [2.45, 2.75) is 12.4 Å². The van der Waals surface area contributed by atoms with Crippen LogP contribution in [-0.2, 0) is 4.79 Å². The molecule has 0 amide bonds. The van der Waals surface area contributed by atoms with Crippen molar-refractivity contribution in [2.75, 3.05) is 27.2 Å². The highest BCUT2D eigenvalue weighted by atomic mass is 19.4. The van der Waals surface area contributed by atoms with Gasteiger partial charge < -0.3 is 14.7 Å². The monoisotopic (exact) mass is 306 g/mol. The molecule has 0 saturated carbocycles. The summed E-state index contributed by atoms with van der Waals surface area (Å²) in [5.74, 6) is -1.79. The molecule has 0 aliphatic carbocycles. The molecular formula is C13H17F3N2O3. The Balaban J connectivity index is 2.94. The number of benzene rings is 1. The molecular weight excluding hydrogens is 289 g/mol. The van der Waals surface area contributed by atoms with Gasteiger partial charge in [-0.25, -0.2) is 0 Å². The number of carboxylic acid groups (broad SMARTS) is 1. The van der Waals surface area contributed by atoms with E-state index in [2.05, 4.69) is 10.1 Å². The Bertz CT molecular complexity index is 478. The number of aliphatic carboxylic acids is 1. The van der Waals surface area contributed by atoms with Crippen molar-refractivity contribution < 1.29 is 27.8 Å². The first-order chi connectivity index (χ1) is 9.70. The number of para-hydroxylation sites is 1. The lowest BCUT2D eigenvalue weighted by molar-refractivity contribution is -0.275. The number of likely N-dealkylation sites (N-methyl/N-ethyl adjacent to an activating group) is 1. The fourth-order valence-electron chi connectivity index (χ4n) is 1.70. The van der Waals surface area contributed by atoms with E-state index in [1.54, 1.807) is 14.1 Å². The average molecular weight is 306 g/mol. The van der Waals surface area contributed by atoms with Crippen molar-refractivity contribution in [1.29, 1.82) is 0 Å². The molecule has 1 unspecified atom stereocenters. The Morgan fingerprint density at radius 2 is 2.00 bits per heavy atom. The van der Waals surface area contributed by atoms with Gasteiger partial charge in [0.15, 0.2) is 0 Å². The average Bonchev–Trinajstić information content (AvgIpc) is 2.33. The van der Waals surface area contributed by atoms with Gasteiger partial charge in [0, 0.05) is 18.7 Å². The van der Waals surface area contributed by atoms with Crippen molar-refractivity contribution in [2.24, 2.45) is 0 Å². The number of hydrogen-bond donors (Lipinski definition) is 2. The van der Waals surface area contributed by atoms with Crippen LogP contribution in [0.25, 0.3) is 0 Å². The molecule has 1 aromatic carbocycles. The molecule has 118 valence electrons. The van der Waals surface area contributed by atoms with Gasteiger partial charge in [-0.2, -0.15) is 0 Å². The van der Waals surface area contributed by atoms with Crippen LogP contribution < -0.4 is 10.1 Å². The van der Waals surface area contributed by atoms with Crippen LogP contribution in [0.1, 0.15) is 11.6 Å². The summed E-state index contributed by atoms with van der Waals surface area (Å²) in [6, 6.07) is 3.92. The Morgan fingerprint density at radius 3 is 2.52 bits per heavy atom. The third-order valence-corrected chi connectivity index (χ3v) is 2.61. The molecule has 1 atom stereocenters. The van der Waals surface area contributed by atoms with Gasteiger partial charge in [-0.15, -0.1) is 13.2 Å². The number of rotatable bonds is 7. The first kappa shape index (κ1) is 17.3. The molecule has 2 N–H and O–H groups in total. The quantitative estimate of drug-likeness (QED) is 0.805. The van der Waals surface area contributed by atoms with Crippen molar-refractivity contribution in [3.63, 3.8) is 0 Å². The largest absolute Gasteiger partial charge is 0.573 e. The van der Waals surface area contributed by atoms with Crippen LogP contribution in [0.15, 0.2) is 24.3 Å². The maximum absolute atomic E-state index is 12.3. The number of carboxylic acids is 1. The predicted molar refractivity (Wildman–Crippen MR) is 70.1 cm³/mol. The van der Waals surface area contributed by atoms with Gasteiger partial charge in [-0.05, 0) is 20.2 Å². The number of alkyl halides is 3. The van der Waals surface area contributed by atoms with Crippen LogP contribution in [0.3, 0.4) is 0 Å². The molecule has 1 aromatic rings. The van der Waals surface area contributed by atoms with E-state index in [1.807, 2.05) is 4.90 Å². The van der Waals surface area contributed by atoms with E-state index < -0.39 is 24.1 Å². The van der Waals surface area contributed by atoms with Crippen LogP contribution in [0, 0.1) is 0 Å². The number of halogens is 3. The van der Waals surface area contributed by atoms with Crippen LogP contribution >= 0.6 is 0 Å².